The van der Waals surface area contributed by atoms with E-state index in [1.54, 1.807) is 14.0 Å². The minimum atomic E-state index is -0.850. The first-order valence-electron chi connectivity index (χ1n) is 4.21. The van der Waals surface area contributed by atoms with Gasteiger partial charge in [0, 0.05) is 13.7 Å². The molecule has 0 aromatic heterocycles. The van der Waals surface area contributed by atoms with Gasteiger partial charge < -0.3 is 19.9 Å². The summed E-state index contributed by atoms with van der Waals surface area (Å²) in [5, 5.41) is 11.3. The Balaban J connectivity index is 3.11. The van der Waals surface area contributed by atoms with Crippen LogP contribution in [0.25, 0.3) is 0 Å². The number of carboxylic acids is 1. The Kier molecular flexibility index (Phi) is 7.57. The molecule has 0 aromatic rings. The molecule has 0 aromatic carbocycles. The van der Waals surface area contributed by atoms with Gasteiger partial charge >= 0.3 is 5.97 Å². The molecule has 0 radical (unpaired) electrons. The van der Waals surface area contributed by atoms with Gasteiger partial charge in [0.25, 0.3) is 0 Å². The minimum Gasteiger partial charge on any atom is -0.480 e. The molecule has 0 aliphatic heterocycles. The van der Waals surface area contributed by atoms with Crippen molar-refractivity contribution in [2.45, 2.75) is 13.0 Å². The van der Waals surface area contributed by atoms with Crippen molar-refractivity contribution in [3.05, 3.63) is 0 Å². The molecule has 0 unspecified atom stereocenters. The van der Waals surface area contributed by atoms with Gasteiger partial charge in [0.15, 0.2) is 0 Å². The fourth-order valence-electron chi connectivity index (χ4n) is 0.679. The highest BCUT2D eigenvalue weighted by Gasteiger charge is 2.07. The minimum absolute atomic E-state index is 0.501. The first kappa shape index (κ1) is 12.3. The SMILES string of the molecule is COCCOCCN[C@@H](C)C(=O)O. The van der Waals surface area contributed by atoms with Gasteiger partial charge in [0.1, 0.15) is 6.04 Å². The first-order chi connectivity index (χ1) is 6.18. The van der Waals surface area contributed by atoms with Crippen molar-refractivity contribution in [1.29, 1.82) is 0 Å². The zero-order valence-electron chi connectivity index (χ0n) is 8.08. The monoisotopic (exact) mass is 191 g/mol. The van der Waals surface area contributed by atoms with Crippen LogP contribution in [0.4, 0.5) is 0 Å². The maximum Gasteiger partial charge on any atom is 0.320 e. The van der Waals surface area contributed by atoms with Gasteiger partial charge in [0.05, 0.1) is 19.8 Å². The molecule has 0 bridgehead atoms. The lowest BCUT2D eigenvalue weighted by atomic mass is 10.3. The molecule has 0 aliphatic rings. The van der Waals surface area contributed by atoms with E-state index >= 15 is 0 Å². The number of nitrogens with one attached hydrogen (secondary N) is 1. The summed E-state index contributed by atoms with van der Waals surface area (Å²) in [7, 11) is 1.61. The maximum absolute atomic E-state index is 10.3. The fraction of sp³-hybridized carbons (Fsp3) is 0.875. The van der Waals surface area contributed by atoms with E-state index in [1.165, 1.54) is 0 Å². The average Bonchev–Trinajstić information content (AvgIpc) is 2.10. The average molecular weight is 191 g/mol. The van der Waals surface area contributed by atoms with Gasteiger partial charge in [-0.15, -0.1) is 0 Å². The van der Waals surface area contributed by atoms with Gasteiger partial charge in [-0.2, -0.15) is 0 Å². The second-order valence-electron chi connectivity index (χ2n) is 2.62. The molecule has 78 valence electrons. The van der Waals surface area contributed by atoms with Gasteiger partial charge in [-0.05, 0) is 6.92 Å². The summed E-state index contributed by atoms with van der Waals surface area (Å²) in [5.41, 5.74) is 0. The Morgan fingerprint density at radius 3 is 2.69 bits per heavy atom. The van der Waals surface area contributed by atoms with Crippen LogP contribution >= 0.6 is 0 Å². The second kappa shape index (κ2) is 7.97. The van der Waals surface area contributed by atoms with E-state index < -0.39 is 12.0 Å². The molecule has 5 nitrogen and oxygen atoms in total. The smallest absolute Gasteiger partial charge is 0.320 e. The number of hydrogen-bond acceptors (Lipinski definition) is 4. The highest BCUT2D eigenvalue weighted by Crippen LogP contribution is 1.80. The molecule has 2 N–H and O–H groups in total. The lowest BCUT2D eigenvalue weighted by Crippen LogP contribution is -2.35. The topological polar surface area (TPSA) is 67.8 Å². The molecule has 5 heteroatoms. The molecule has 0 fully saturated rings. The lowest BCUT2D eigenvalue weighted by Gasteiger charge is -2.08. The zero-order chi connectivity index (χ0) is 10.1. The number of carbonyl (C=O) groups is 1. The quantitative estimate of drug-likeness (QED) is 0.516. The van der Waals surface area contributed by atoms with Crippen LogP contribution in [0.1, 0.15) is 6.92 Å². The molecule has 0 rings (SSSR count). The largest absolute Gasteiger partial charge is 0.480 e. The predicted octanol–water partition coefficient (Wildman–Crippen LogP) is -0.288. The number of ether oxygens (including phenoxy) is 2. The molecule has 0 spiro atoms. The lowest BCUT2D eigenvalue weighted by molar-refractivity contribution is -0.139. The van der Waals surface area contributed by atoms with Crippen LogP contribution in [0.15, 0.2) is 0 Å². The van der Waals surface area contributed by atoms with E-state index in [-0.39, 0.29) is 0 Å². The Morgan fingerprint density at radius 1 is 1.46 bits per heavy atom. The summed E-state index contributed by atoms with van der Waals surface area (Å²) in [5.74, 6) is -0.850. The van der Waals surface area contributed by atoms with Crippen LogP contribution in [-0.2, 0) is 14.3 Å². The van der Waals surface area contributed by atoms with Crippen LogP contribution in [0.5, 0.6) is 0 Å². The number of carboxylic acid groups (broad SMARTS) is 1. The van der Waals surface area contributed by atoms with E-state index in [0.717, 1.165) is 0 Å². The van der Waals surface area contributed by atoms with Gasteiger partial charge in [-0.1, -0.05) is 0 Å². The molecule has 1 atom stereocenters. The fourth-order valence-corrected chi connectivity index (χ4v) is 0.679. The van der Waals surface area contributed by atoms with E-state index in [0.29, 0.717) is 26.4 Å². The number of aliphatic carboxylic acids is 1. The maximum atomic E-state index is 10.3. The van der Waals surface area contributed by atoms with Crippen molar-refractivity contribution in [3.8, 4) is 0 Å². The Bertz CT molecular complexity index is 140. The summed E-state index contributed by atoms with van der Waals surface area (Å²) in [6, 6.07) is -0.522. The van der Waals surface area contributed by atoms with Crippen molar-refractivity contribution in [1.82, 2.24) is 5.32 Å². The molecule has 13 heavy (non-hydrogen) atoms. The van der Waals surface area contributed by atoms with Crippen molar-refractivity contribution in [2.75, 3.05) is 33.5 Å². The third-order valence-electron chi connectivity index (χ3n) is 1.50. The number of hydrogen-bond donors (Lipinski definition) is 2. The standard InChI is InChI=1S/C8H17NO4/c1-7(8(10)11)9-3-4-13-6-5-12-2/h7,9H,3-6H2,1-2H3,(H,10,11)/t7-/m0/s1. The summed E-state index contributed by atoms with van der Waals surface area (Å²) in [4.78, 5) is 10.3. The highest BCUT2D eigenvalue weighted by atomic mass is 16.5. The van der Waals surface area contributed by atoms with E-state index in [2.05, 4.69) is 5.32 Å². The normalized spacial score (nSPS) is 12.8. The van der Waals surface area contributed by atoms with Crippen LogP contribution in [0.2, 0.25) is 0 Å². The van der Waals surface area contributed by atoms with Gasteiger partial charge in [-0.25, -0.2) is 0 Å². The van der Waals surface area contributed by atoms with Gasteiger partial charge in [0.2, 0.25) is 0 Å². The summed E-state index contributed by atoms with van der Waals surface area (Å²) < 4.78 is 9.89. The number of rotatable bonds is 8. The zero-order valence-corrected chi connectivity index (χ0v) is 8.08. The first-order valence-corrected chi connectivity index (χ1v) is 4.21. The van der Waals surface area contributed by atoms with Crippen molar-refractivity contribution < 1.29 is 19.4 Å². The third kappa shape index (κ3) is 7.70. The highest BCUT2D eigenvalue weighted by molar-refractivity contribution is 5.72. The van der Waals surface area contributed by atoms with Crippen molar-refractivity contribution in [3.63, 3.8) is 0 Å². The van der Waals surface area contributed by atoms with E-state index in [4.69, 9.17) is 14.6 Å². The van der Waals surface area contributed by atoms with E-state index in [9.17, 15) is 4.79 Å². The van der Waals surface area contributed by atoms with Crippen LogP contribution in [0.3, 0.4) is 0 Å². The van der Waals surface area contributed by atoms with Crippen molar-refractivity contribution in [2.24, 2.45) is 0 Å². The Morgan fingerprint density at radius 2 is 2.15 bits per heavy atom. The van der Waals surface area contributed by atoms with Gasteiger partial charge in [-0.3, -0.25) is 4.79 Å². The molecular weight excluding hydrogens is 174 g/mol. The van der Waals surface area contributed by atoms with Crippen LogP contribution in [0, 0.1) is 0 Å². The molecule has 0 heterocycles. The molecule has 0 aliphatic carbocycles. The number of methoxy groups -OCH3 is 1. The molecular formula is C8H17NO4. The summed E-state index contributed by atoms with van der Waals surface area (Å²) >= 11 is 0. The van der Waals surface area contributed by atoms with Crippen LogP contribution < -0.4 is 5.32 Å². The predicted molar refractivity (Wildman–Crippen MR) is 47.8 cm³/mol. The van der Waals surface area contributed by atoms with Crippen molar-refractivity contribution >= 4 is 5.97 Å². The summed E-state index contributed by atoms with van der Waals surface area (Å²) in [6.07, 6.45) is 0. The third-order valence-corrected chi connectivity index (χ3v) is 1.50. The van der Waals surface area contributed by atoms with Crippen LogP contribution in [-0.4, -0.2) is 50.6 Å². The molecule has 0 saturated heterocycles. The van der Waals surface area contributed by atoms with E-state index in [1.807, 2.05) is 0 Å². The molecule has 0 saturated carbocycles. The molecule has 0 amide bonds. The Hall–Kier alpha value is -0.650. The second-order valence-corrected chi connectivity index (χ2v) is 2.62. The Labute approximate surface area is 78.0 Å². The summed E-state index contributed by atoms with van der Waals surface area (Å²) in [6.45, 7) is 3.74.